The van der Waals surface area contributed by atoms with Gasteiger partial charge in [-0.3, -0.25) is 19.1 Å². The van der Waals surface area contributed by atoms with Crippen molar-refractivity contribution in [3.63, 3.8) is 0 Å². The molecule has 0 spiro atoms. The molecule has 9 nitrogen and oxygen atoms in total. The Kier molecular flexibility index (Phi) is 7.29. The Labute approximate surface area is 197 Å². The maximum absolute atomic E-state index is 13.0. The number of nitrogens with one attached hydrogen (secondary N) is 1. The summed E-state index contributed by atoms with van der Waals surface area (Å²) in [6.07, 6.45) is 0.848. The fourth-order valence-electron chi connectivity index (χ4n) is 4.21. The van der Waals surface area contributed by atoms with Crippen molar-refractivity contribution in [3.8, 4) is 0 Å². The van der Waals surface area contributed by atoms with Gasteiger partial charge in [0.1, 0.15) is 0 Å². The topological polar surface area (TPSA) is 96.8 Å². The van der Waals surface area contributed by atoms with Crippen molar-refractivity contribution in [1.29, 1.82) is 0 Å². The van der Waals surface area contributed by atoms with Crippen molar-refractivity contribution in [3.05, 3.63) is 51.8 Å². The highest BCUT2D eigenvalue weighted by molar-refractivity contribution is 6.30. The van der Waals surface area contributed by atoms with Crippen LogP contribution in [0.3, 0.4) is 0 Å². The molecular weight excluding hydrogens is 446 g/mol. The molecular formula is C23H28ClN5O4. The highest BCUT2D eigenvalue weighted by Crippen LogP contribution is 2.24. The normalized spacial score (nSPS) is 15.8. The van der Waals surface area contributed by atoms with E-state index in [0.29, 0.717) is 63.1 Å². The van der Waals surface area contributed by atoms with Crippen molar-refractivity contribution in [2.75, 3.05) is 32.8 Å². The maximum atomic E-state index is 13.0. The van der Waals surface area contributed by atoms with E-state index in [1.165, 1.54) is 0 Å². The van der Waals surface area contributed by atoms with Crippen molar-refractivity contribution >= 4 is 29.3 Å². The zero-order valence-corrected chi connectivity index (χ0v) is 19.4. The van der Waals surface area contributed by atoms with Crippen LogP contribution in [0.25, 0.3) is 0 Å². The molecule has 4 rings (SSSR count). The fraction of sp³-hybridized carbons (Fsp3) is 0.478. The van der Waals surface area contributed by atoms with Gasteiger partial charge in [-0.2, -0.15) is 5.10 Å². The Morgan fingerprint density at radius 1 is 1.12 bits per heavy atom. The van der Waals surface area contributed by atoms with Crippen LogP contribution in [0.4, 0.5) is 0 Å². The van der Waals surface area contributed by atoms with Crippen LogP contribution in [-0.2, 0) is 40.9 Å². The van der Waals surface area contributed by atoms with Gasteiger partial charge >= 0.3 is 0 Å². The summed E-state index contributed by atoms with van der Waals surface area (Å²) in [6.45, 7) is 3.35. The lowest BCUT2D eigenvalue weighted by molar-refractivity contribution is -0.134. The Hall–Kier alpha value is -2.91. The lowest BCUT2D eigenvalue weighted by Crippen LogP contribution is -2.42. The highest BCUT2D eigenvalue weighted by atomic mass is 35.5. The molecule has 3 heterocycles. The van der Waals surface area contributed by atoms with E-state index < -0.39 is 0 Å². The Morgan fingerprint density at radius 3 is 2.67 bits per heavy atom. The first kappa shape index (κ1) is 23.3. The number of aromatic nitrogens is 2. The van der Waals surface area contributed by atoms with E-state index >= 15 is 0 Å². The van der Waals surface area contributed by atoms with Crippen LogP contribution in [0.15, 0.2) is 24.3 Å². The molecule has 0 bridgehead atoms. The number of halogens is 1. The predicted octanol–water partition coefficient (Wildman–Crippen LogP) is 1.53. The van der Waals surface area contributed by atoms with Gasteiger partial charge in [0.25, 0.3) is 5.91 Å². The van der Waals surface area contributed by atoms with Crippen LogP contribution in [-0.4, -0.2) is 70.1 Å². The first-order valence-electron chi connectivity index (χ1n) is 11.1. The third-order valence-corrected chi connectivity index (χ3v) is 6.28. The third-order valence-electron chi connectivity index (χ3n) is 6.04. The van der Waals surface area contributed by atoms with Gasteiger partial charge in [0, 0.05) is 75.3 Å². The number of nitrogens with zero attached hydrogens (tertiary/aromatic N) is 4. The smallest absolute Gasteiger partial charge is 0.274 e. The maximum Gasteiger partial charge on any atom is 0.274 e. The molecule has 33 heavy (non-hydrogen) atoms. The van der Waals surface area contributed by atoms with Crippen molar-refractivity contribution in [2.24, 2.45) is 7.05 Å². The number of morpholine rings is 1. The largest absolute Gasteiger partial charge is 0.378 e. The molecule has 0 aliphatic carbocycles. The molecule has 10 heteroatoms. The number of aryl methyl sites for hydroxylation is 1. The number of carbonyl (C=O) groups excluding carboxylic acids is 3. The van der Waals surface area contributed by atoms with Crippen molar-refractivity contribution in [2.45, 2.75) is 32.4 Å². The number of benzene rings is 1. The van der Waals surface area contributed by atoms with Crippen LogP contribution in [0.2, 0.25) is 5.02 Å². The summed E-state index contributed by atoms with van der Waals surface area (Å²) in [7, 11) is 1.83. The molecule has 1 saturated heterocycles. The van der Waals surface area contributed by atoms with E-state index in [1.807, 2.05) is 19.2 Å². The molecule has 1 aromatic heterocycles. The van der Waals surface area contributed by atoms with E-state index in [0.717, 1.165) is 16.8 Å². The number of carbonyl (C=O) groups is 3. The van der Waals surface area contributed by atoms with Gasteiger partial charge in [-0.15, -0.1) is 0 Å². The van der Waals surface area contributed by atoms with Gasteiger partial charge in [0.15, 0.2) is 5.69 Å². The van der Waals surface area contributed by atoms with E-state index in [1.54, 1.807) is 26.6 Å². The number of amides is 3. The average molecular weight is 474 g/mol. The third kappa shape index (κ3) is 5.54. The first-order chi connectivity index (χ1) is 15.9. The second kappa shape index (κ2) is 10.4. The molecule has 0 saturated carbocycles. The van der Waals surface area contributed by atoms with Gasteiger partial charge in [0.2, 0.25) is 11.8 Å². The molecule has 2 aromatic rings. The lowest BCUT2D eigenvalue weighted by atomic mass is 10.0. The summed E-state index contributed by atoms with van der Waals surface area (Å²) >= 11 is 5.96. The van der Waals surface area contributed by atoms with Gasteiger partial charge < -0.3 is 19.9 Å². The average Bonchev–Trinajstić information content (AvgIpc) is 3.17. The Bertz CT molecular complexity index is 1050. The highest BCUT2D eigenvalue weighted by Gasteiger charge is 2.31. The van der Waals surface area contributed by atoms with Crippen LogP contribution in [0.1, 0.15) is 40.2 Å². The second-order valence-electron chi connectivity index (χ2n) is 8.27. The van der Waals surface area contributed by atoms with Crippen molar-refractivity contribution in [1.82, 2.24) is 24.9 Å². The second-order valence-corrected chi connectivity index (χ2v) is 8.71. The zero-order valence-electron chi connectivity index (χ0n) is 18.7. The summed E-state index contributed by atoms with van der Waals surface area (Å²) in [4.78, 5) is 41.5. The zero-order chi connectivity index (χ0) is 23.4. The van der Waals surface area contributed by atoms with Gasteiger partial charge in [0.05, 0.1) is 13.2 Å². The molecule has 2 aliphatic heterocycles. The molecule has 0 atom stereocenters. The summed E-state index contributed by atoms with van der Waals surface area (Å²) in [5.74, 6) is -0.414. The molecule has 2 aliphatic rings. The predicted molar refractivity (Wildman–Crippen MR) is 122 cm³/mol. The fourth-order valence-corrected chi connectivity index (χ4v) is 4.42. The first-order valence-corrected chi connectivity index (χ1v) is 11.5. The Morgan fingerprint density at radius 2 is 1.91 bits per heavy atom. The molecule has 1 N–H and O–H groups in total. The van der Waals surface area contributed by atoms with Crippen LogP contribution in [0, 0.1) is 0 Å². The number of ether oxygens (including phenoxy) is 1. The number of hydrogen-bond acceptors (Lipinski definition) is 5. The molecule has 1 aromatic carbocycles. The Balaban J connectivity index is 1.32. The van der Waals surface area contributed by atoms with Crippen LogP contribution < -0.4 is 5.32 Å². The molecule has 0 radical (unpaired) electrons. The monoisotopic (exact) mass is 473 g/mol. The van der Waals surface area contributed by atoms with Crippen LogP contribution >= 0.6 is 11.6 Å². The molecule has 3 amide bonds. The van der Waals surface area contributed by atoms with Crippen LogP contribution in [0.5, 0.6) is 0 Å². The lowest BCUT2D eigenvalue weighted by Gasteiger charge is -2.29. The summed E-state index contributed by atoms with van der Waals surface area (Å²) in [5.41, 5.74) is 3.10. The minimum atomic E-state index is -0.189. The van der Waals surface area contributed by atoms with E-state index in [-0.39, 0.29) is 30.6 Å². The van der Waals surface area contributed by atoms with Gasteiger partial charge in [-0.1, -0.05) is 23.7 Å². The standard InChI is InChI=1S/C23H28ClN5O4/c1-27-19-7-8-29(15-18(19)22(26-27)23(32)28-9-11-33-12-10-28)21(31)6-5-20(30)25-14-16-3-2-4-17(24)13-16/h2-4,13H,5-12,14-15H2,1H3,(H,25,30). The quantitative estimate of drug-likeness (QED) is 0.686. The van der Waals surface area contributed by atoms with E-state index in [2.05, 4.69) is 10.4 Å². The van der Waals surface area contributed by atoms with Gasteiger partial charge in [-0.25, -0.2) is 0 Å². The number of hydrogen-bond donors (Lipinski definition) is 1. The molecule has 1 fully saturated rings. The molecule has 0 unspecified atom stereocenters. The number of fused-ring (bicyclic) bond motifs is 1. The summed E-state index contributed by atoms with van der Waals surface area (Å²) in [5, 5.41) is 7.90. The summed E-state index contributed by atoms with van der Waals surface area (Å²) in [6, 6.07) is 7.28. The molecule has 176 valence electrons. The number of rotatable bonds is 6. The van der Waals surface area contributed by atoms with E-state index in [9.17, 15) is 14.4 Å². The van der Waals surface area contributed by atoms with Gasteiger partial charge in [-0.05, 0) is 17.7 Å². The van der Waals surface area contributed by atoms with Crippen molar-refractivity contribution < 1.29 is 19.1 Å². The van der Waals surface area contributed by atoms with E-state index in [4.69, 9.17) is 16.3 Å². The minimum Gasteiger partial charge on any atom is -0.378 e. The summed E-state index contributed by atoms with van der Waals surface area (Å²) < 4.78 is 7.08. The minimum absolute atomic E-state index is 0.104. The SMILES string of the molecule is Cn1nc(C(=O)N2CCOCC2)c2c1CCN(C(=O)CCC(=O)NCc1cccc(Cl)c1)C2.